The standard InChI is InChI=1S/C16H17ClN2/c17-15-4-1-12(2-5-15)10-19-8-7-13-9-16(18)6-3-14(13)11-19/h1-6,9H,7-8,10-11,18H2. The van der Waals surface area contributed by atoms with Crippen molar-refractivity contribution in [1.29, 1.82) is 0 Å². The third-order valence-electron chi connectivity index (χ3n) is 3.64. The van der Waals surface area contributed by atoms with Gasteiger partial charge in [0.05, 0.1) is 0 Å². The fourth-order valence-corrected chi connectivity index (χ4v) is 2.74. The summed E-state index contributed by atoms with van der Waals surface area (Å²) in [6.45, 7) is 3.05. The Bertz CT molecular complexity index is 578. The van der Waals surface area contributed by atoms with Crippen molar-refractivity contribution in [3.05, 3.63) is 64.2 Å². The van der Waals surface area contributed by atoms with Gasteiger partial charge in [-0.15, -0.1) is 0 Å². The van der Waals surface area contributed by atoms with Gasteiger partial charge in [-0.05, 0) is 47.4 Å². The second-order valence-electron chi connectivity index (χ2n) is 5.12. The van der Waals surface area contributed by atoms with Gasteiger partial charge in [0.15, 0.2) is 0 Å². The lowest BCUT2D eigenvalue weighted by Gasteiger charge is -2.29. The molecule has 0 atom stereocenters. The van der Waals surface area contributed by atoms with Crippen LogP contribution in [0.1, 0.15) is 16.7 Å². The number of nitrogens with two attached hydrogens (primary N) is 1. The molecule has 3 heteroatoms. The molecule has 2 aromatic rings. The van der Waals surface area contributed by atoms with E-state index in [0.29, 0.717) is 0 Å². The zero-order valence-electron chi connectivity index (χ0n) is 10.8. The lowest BCUT2D eigenvalue weighted by molar-refractivity contribution is 0.245. The van der Waals surface area contributed by atoms with E-state index < -0.39 is 0 Å². The summed E-state index contributed by atoms with van der Waals surface area (Å²) in [5, 5.41) is 0.795. The Labute approximate surface area is 118 Å². The molecule has 2 nitrogen and oxygen atoms in total. The van der Waals surface area contributed by atoms with Crippen LogP contribution in [0.25, 0.3) is 0 Å². The number of nitrogens with zero attached hydrogens (tertiary/aromatic N) is 1. The molecule has 0 amide bonds. The van der Waals surface area contributed by atoms with Crippen LogP contribution in [0.4, 0.5) is 5.69 Å². The second kappa shape index (κ2) is 5.24. The Hall–Kier alpha value is -1.51. The Kier molecular flexibility index (Phi) is 3.45. The quantitative estimate of drug-likeness (QED) is 0.848. The van der Waals surface area contributed by atoms with Crippen molar-refractivity contribution < 1.29 is 0 Å². The van der Waals surface area contributed by atoms with E-state index in [9.17, 15) is 0 Å². The summed E-state index contributed by atoms with van der Waals surface area (Å²) in [6, 6.07) is 14.4. The zero-order chi connectivity index (χ0) is 13.2. The molecule has 0 saturated carbocycles. The smallest absolute Gasteiger partial charge is 0.0406 e. The lowest BCUT2D eigenvalue weighted by atomic mass is 9.98. The van der Waals surface area contributed by atoms with Gasteiger partial charge in [-0.3, -0.25) is 4.90 Å². The number of benzene rings is 2. The molecule has 3 rings (SSSR count). The molecule has 19 heavy (non-hydrogen) atoms. The van der Waals surface area contributed by atoms with Crippen molar-refractivity contribution in [3.8, 4) is 0 Å². The minimum absolute atomic E-state index is 0.795. The van der Waals surface area contributed by atoms with Crippen LogP contribution in [0, 0.1) is 0 Å². The van der Waals surface area contributed by atoms with Gasteiger partial charge in [-0.25, -0.2) is 0 Å². The third-order valence-corrected chi connectivity index (χ3v) is 3.89. The number of nitrogen functional groups attached to an aromatic ring is 1. The lowest BCUT2D eigenvalue weighted by Crippen LogP contribution is -2.30. The summed E-state index contributed by atoms with van der Waals surface area (Å²) < 4.78 is 0. The number of hydrogen-bond acceptors (Lipinski definition) is 2. The van der Waals surface area contributed by atoms with Crippen molar-refractivity contribution in [1.82, 2.24) is 4.90 Å². The molecule has 1 aliphatic rings. The fraction of sp³-hybridized carbons (Fsp3) is 0.250. The van der Waals surface area contributed by atoms with Gasteiger partial charge in [0.1, 0.15) is 0 Å². The maximum absolute atomic E-state index is 5.91. The molecule has 0 spiro atoms. The van der Waals surface area contributed by atoms with Crippen LogP contribution in [0.2, 0.25) is 5.02 Å². The molecular formula is C16H17ClN2. The van der Waals surface area contributed by atoms with Crippen LogP contribution >= 0.6 is 11.6 Å². The summed E-state index contributed by atoms with van der Waals surface area (Å²) >= 11 is 5.91. The first kappa shape index (κ1) is 12.5. The van der Waals surface area contributed by atoms with Crippen LogP contribution in [-0.4, -0.2) is 11.4 Å². The van der Waals surface area contributed by atoms with E-state index in [1.807, 2.05) is 18.2 Å². The molecule has 98 valence electrons. The minimum atomic E-state index is 0.795. The van der Waals surface area contributed by atoms with E-state index in [1.165, 1.54) is 16.7 Å². The van der Waals surface area contributed by atoms with Gasteiger partial charge in [-0.1, -0.05) is 29.8 Å². The topological polar surface area (TPSA) is 29.3 Å². The van der Waals surface area contributed by atoms with Crippen molar-refractivity contribution in [2.45, 2.75) is 19.5 Å². The van der Waals surface area contributed by atoms with E-state index in [-0.39, 0.29) is 0 Å². The Morgan fingerprint density at radius 3 is 2.63 bits per heavy atom. The SMILES string of the molecule is Nc1ccc2c(c1)CCN(Cc1ccc(Cl)cc1)C2. The van der Waals surface area contributed by atoms with Gasteiger partial charge >= 0.3 is 0 Å². The number of halogens is 1. The Balaban J connectivity index is 1.72. The van der Waals surface area contributed by atoms with Crippen molar-refractivity contribution in [2.75, 3.05) is 12.3 Å². The number of fused-ring (bicyclic) bond motifs is 1. The summed E-state index contributed by atoms with van der Waals surface area (Å²) in [5.41, 5.74) is 10.8. The van der Waals surface area contributed by atoms with E-state index >= 15 is 0 Å². The van der Waals surface area contributed by atoms with E-state index in [2.05, 4.69) is 29.2 Å². The third kappa shape index (κ3) is 2.91. The van der Waals surface area contributed by atoms with Gasteiger partial charge in [-0.2, -0.15) is 0 Å². The second-order valence-corrected chi connectivity index (χ2v) is 5.55. The maximum atomic E-state index is 5.91. The molecule has 0 saturated heterocycles. The predicted octanol–water partition coefficient (Wildman–Crippen LogP) is 3.48. The highest BCUT2D eigenvalue weighted by Gasteiger charge is 2.16. The van der Waals surface area contributed by atoms with Crippen molar-refractivity contribution in [2.24, 2.45) is 0 Å². The van der Waals surface area contributed by atoms with Gasteiger partial charge in [0.25, 0.3) is 0 Å². The average molecular weight is 273 g/mol. The highest BCUT2D eigenvalue weighted by molar-refractivity contribution is 6.30. The van der Waals surface area contributed by atoms with Gasteiger partial charge in [0.2, 0.25) is 0 Å². The molecule has 1 aliphatic heterocycles. The minimum Gasteiger partial charge on any atom is -0.399 e. The van der Waals surface area contributed by atoms with Crippen LogP contribution in [0.3, 0.4) is 0 Å². The summed E-state index contributed by atoms with van der Waals surface area (Å²) in [4.78, 5) is 2.46. The van der Waals surface area contributed by atoms with Crippen molar-refractivity contribution >= 4 is 17.3 Å². The first-order valence-electron chi connectivity index (χ1n) is 6.55. The average Bonchev–Trinajstić information content (AvgIpc) is 2.42. The molecule has 0 fully saturated rings. The largest absolute Gasteiger partial charge is 0.399 e. The normalized spacial score (nSPS) is 15.2. The van der Waals surface area contributed by atoms with Crippen molar-refractivity contribution in [3.63, 3.8) is 0 Å². The van der Waals surface area contributed by atoms with E-state index in [0.717, 1.165) is 36.8 Å². The molecule has 0 aromatic heterocycles. The maximum Gasteiger partial charge on any atom is 0.0406 e. The first-order chi connectivity index (χ1) is 9.20. The number of rotatable bonds is 2. The Morgan fingerprint density at radius 2 is 1.84 bits per heavy atom. The van der Waals surface area contributed by atoms with E-state index in [1.54, 1.807) is 0 Å². The van der Waals surface area contributed by atoms with Crippen LogP contribution in [0.15, 0.2) is 42.5 Å². The first-order valence-corrected chi connectivity index (χ1v) is 6.92. The highest BCUT2D eigenvalue weighted by atomic mass is 35.5. The van der Waals surface area contributed by atoms with Gasteiger partial charge < -0.3 is 5.73 Å². The van der Waals surface area contributed by atoms with E-state index in [4.69, 9.17) is 17.3 Å². The summed E-state index contributed by atoms with van der Waals surface area (Å²) in [7, 11) is 0. The molecule has 2 aromatic carbocycles. The fourth-order valence-electron chi connectivity index (χ4n) is 2.61. The zero-order valence-corrected chi connectivity index (χ0v) is 11.5. The molecule has 2 N–H and O–H groups in total. The number of hydrogen-bond donors (Lipinski definition) is 1. The van der Waals surface area contributed by atoms with Crippen LogP contribution in [0.5, 0.6) is 0 Å². The van der Waals surface area contributed by atoms with Crippen LogP contribution < -0.4 is 5.73 Å². The van der Waals surface area contributed by atoms with Gasteiger partial charge in [0, 0.05) is 30.3 Å². The monoisotopic (exact) mass is 272 g/mol. The molecule has 0 unspecified atom stereocenters. The molecular weight excluding hydrogens is 256 g/mol. The summed E-state index contributed by atoms with van der Waals surface area (Å²) in [6.07, 6.45) is 1.08. The molecule has 0 radical (unpaired) electrons. The highest BCUT2D eigenvalue weighted by Crippen LogP contribution is 2.22. The molecule has 0 bridgehead atoms. The molecule has 1 heterocycles. The number of anilines is 1. The Morgan fingerprint density at radius 1 is 1.05 bits per heavy atom. The molecule has 0 aliphatic carbocycles. The summed E-state index contributed by atoms with van der Waals surface area (Å²) in [5.74, 6) is 0. The predicted molar refractivity (Wildman–Crippen MR) is 80.1 cm³/mol. The van der Waals surface area contributed by atoms with Crippen LogP contribution in [-0.2, 0) is 19.5 Å².